The zero-order chi connectivity index (χ0) is 12.1. The Kier molecular flexibility index (Phi) is 4.74. The van der Waals surface area contributed by atoms with Crippen molar-refractivity contribution in [2.45, 2.75) is 33.3 Å². The minimum absolute atomic E-state index is 0.255. The highest BCUT2D eigenvalue weighted by Crippen LogP contribution is 2.22. The van der Waals surface area contributed by atoms with E-state index in [1.807, 2.05) is 0 Å². The SMILES string of the molecule is CC(C)CCOc1ccc([C@@H](C)O)cc1F. The molecule has 0 radical (unpaired) electrons. The second kappa shape index (κ2) is 5.85. The summed E-state index contributed by atoms with van der Waals surface area (Å²) in [6, 6.07) is 4.56. The van der Waals surface area contributed by atoms with Crippen LogP contribution in [0.3, 0.4) is 0 Å². The van der Waals surface area contributed by atoms with Gasteiger partial charge in [0.05, 0.1) is 12.7 Å². The predicted octanol–water partition coefficient (Wildman–Crippen LogP) is 3.30. The number of hydrogen-bond donors (Lipinski definition) is 1. The summed E-state index contributed by atoms with van der Waals surface area (Å²) in [5.74, 6) is 0.381. The molecule has 2 nitrogen and oxygen atoms in total. The predicted molar refractivity (Wildman–Crippen MR) is 62.0 cm³/mol. The number of aliphatic hydroxyl groups is 1. The molecule has 0 unspecified atom stereocenters. The van der Waals surface area contributed by atoms with E-state index in [0.717, 1.165) is 6.42 Å². The third kappa shape index (κ3) is 3.81. The zero-order valence-electron chi connectivity index (χ0n) is 10.0. The number of rotatable bonds is 5. The van der Waals surface area contributed by atoms with Gasteiger partial charge in [-0.2, -0.15) is 0 Å². The summed E-state index contributed by atoms with van der Waals surface area (Å²) >= 11 is 0. The maximum absolute atomic E-state index is 13.5. The molecule has 0 bridgehead atoms. The van der Waals surface area contributed by atoms with Crippen molar-refractivity contribution in [1.29, 1.82) is 0 Å². The minimum Gasteiger partial charge on any atom is -0.491 e. The zero-order valence-corrected chi connectivity index (χ0v) is 10.0. The maximum Gasteiger partial charge on any atom is 0.165 e. The van der Waals surface area contributed by atoms with Crippen molar-refractivity contribution in [3.63, 3.8) is 0 Å². The lowest BCUT2D eigenvalue weighted by molar-refractivity contribution is 0.198. The molecule has 1 N–H and O–H groups in total. The van der Waals surface area contributed by atoms with E-state index in [4.69, 9.17) is 4.74 Å². The van der Waals surface area contributed by atoms with Crippen molar-refractivity contribution in [3.05, 3.63) is 29.6 Å². The van der Waals surface area contributed by atoms with Crippen LogP contribution >= 0.6 is 0 Å². The van der Waals surface area contributed by atoms with Crippen molar-refractivity contribution in [2.24, 2.45) is 5.92 Å². The Morgan fingerprint density at radius 2 is 2.00 bits per heavy atom. The van der Waals surface area contributed by atoms with E-state index in [1.165, 1.54) is 6.07 Å². The molecular formula is C13H19FO2. The number of ether oxygens (including phenoxy) is 1. The van der Waals surface area contributed by atoms with E-state index in [9.17, 15) is 9.50 Å². The third-order valence-corrected chi connectivity index (χ3v) is 2.39. The molecule has 90 valence electrons. The fraction of sp³-hybridized carbons (Fsp3) is 0.538. The molecule has 0 aliphatic heterocycles. The van der Waals surface area contributed by atoms with Crippen molar-refractivity contribution < 1.29 is 14.2 Å². The highest BCUT2D eigenvalue weighted by Gasteiger charge is 2.07. The summed E-state index contributed by atoms with van der Waals surface area (Å²) in [5, 5.41) is 9.28. The summed E-state index contributed by atoms with van der Waals surface area (Å²) in [4.78, 5) is 0. The van der Waals surface area contributed by atoms with E-state index in [0.29, 0.717) is 18.1 Å². The minimum atomic E-state index is -0.654. The molecule has 0 aliphatic carbocycles. The van der Waals surface area contributed by atoms with E-state index in [1.54, 1.807) is 19.1 Å². The van der Waals surface area contributed by atoms with E-state index in [2.05, 4.69) is 13.8 Å². The van der Waals surface area contributed by atoms with Crippen LogP contribution in [0.2, 0.25) is 0 Å². The molecule has 0 spiro atoms. The van der Waals surface area contributed by atoms with E-state index in [-0.39, 0.29) is 5.75 Å². The Balaban J connectivity index is 2.61. The number of benzene rings is 1. The van der Waals surface area contributed by atoms with Crippen LogP contribution in [0.15, 0.2) is 18.2 Å². The Hall–Kier alpha value is -1.09. The Bertz CT molecular complexity index is 335. The summed E-state index contributed by atoms with van der Waals surface area (Å²) in [7, 11) is 0. The fourth-order valence-corrected chi connectivity index (χ4v) is 1.30. The Morgan fingerprint density at radius 1 is 1.31 bits per heavy atom. The van der Waals surface area contributed by atoms with Gasteiger partial charge in [-0.1, -0.05) is 19.9 Å². The summed E-state index contributed by atoms with van der Waals surface area (Å²) < 4.78 is 18.8. The van der Waals surface area contributed by atoms with Crippen LogP contribution in [0.4, 0.5) is 4.39 Å². The third-order valence-electron chi connectivity index (χ3n) is 2.39. The highest BCUT2D eigenvalue weighted by atomic mass is 19.1. The Morgan fingerprint density at radius 3 is 2.50 bits per heavy atom. The van der Waals surface area contributed by atoms with E-state index < -0.39 is 11.9 Å². The Labute approximate surface area is 96.1 Å². The molecule has 16 heavy (non-hydrogen) atoms. The van der Waals surface area contributed by atoms with Crippen LogP contribution in [-0.4, -0.2) is 11.7 Å². The topological polar surface area (TPSA) is 29.5 Å². The molecule has 1 rings (SSSR count). The van der Waals surface area contributed by atoms with Crippen LogP contribution in [0.25, 0.3) is 0 Å². The first-order valence-electron chi connectivity index (χ1n) is 5.61. The lowest BCUT2D eigenvalue weighted by Gasteiger charge is -2.10. The van der Waals surface area contributed by atoms with Gasteiger partial charge in [0, 0.05) is 0 Å². The molecule has 0 amide bonds. The lowest BCUT2D eigenvalue weighted by Crippen LogP contribution is -2.03. The molecule has 0 saturated heterocycles. The van der Waals surface area contributed by atoms with Crippen LogP contribution < -0.4 is 4.74 Å². The van der Waals surface area contributed by atoms with Crippen molar-refractivity contribution in [1.82, 2.24) is 0 Å². The van der Waals surface area contributed by atoms with Crippen LogP contribution in [-0.2, 0) is 0 Å². The molecule has 1 aromatic carbocycles. The molecule has 0 aromatic heterocycles. The van der Waals surface area contributed by atoms with Gasteiger partial charge < -0.3 is 9.84 Å². The molecule has 1 atom stereocenters. The van der Waals surface area contributed by atoms with Crippen molar-refractivity contribution in [2.75, 3.05) is 6.61 Å². The average molecular weight is 226 g/mol. The summed E-state index contributed by atoms with van der Waals surface area (Å²) in [5.41, 5.74) is 0.564. The van der Waals surface area contributed by atoms with Gasteiger partial charge in [0.2, 0.25) is 0 Å². The van der Waals surface area contributed by atoms with Crippen LogP contribution in [0.5, 0.6) is 5.75 Å². The molecule has 0 aliphatic rings. The number of aliphatic hydroxyl groups excluding tert-OH is 1. The van der Waals surface area contributed by atoms with Gasteiger partial charge in [0.15, 0.2) is 11.6 Å². The molecule has 1 aromatic rings. The van der Waals surface area contributed by atoms with Gasteiger partial charge in [0.1, 0.15) is 0 Å². The van der Waals surface area contributed by atoms with Gasteiger partial charge in [-0.15, -0.1) is 0 Å². The first-order valence-corrected chi connectivity index (χ1v) is 5.61. The average Bonchev–Trinajstić information content (AvgIpc) is 2.19. The van der Waals surface area contributed by atoms with Crippen LogP contribution in [0.1, 0.15) is 38.9 Å². The van der Waals surface area contributed by atoms with Gasteiger partial charge in [0.25, 0.3) is 0 Å². The van der Waals surface area contributed by atoms with E-state index >= 15 is 0 Å². The fourth-order valence-electron chi connectivity index (χ4n) is 1.30. The number of halogens is 1. The van der Waals surface area contributed by atoms with Gasteiger partial charge >= 0.3 is 0 Å². The smallest absolute Gasteiger partial charge is 0.165 e. The molecule has 3 heteroatoms. The molecular weight excluding hydrogens is 207 g/mol. The summed E-state index contributed by atoms with van der Waals surface area (Å²) in [6.07, 6.45) is 0.247. The molecule has 0 saturated carbocycles. The van der Waals surface area contributed by atoms with Gasteiger partial charge in [-0.05, 0) is 37.0 Å². The van der Waals surface area contributed by atoms with Crippen LogP contribution in [0, 0.1) is 11.7 Å². The van der Waals surface area contributed by atoms with Crippen molar-refractivity contribution in [3.8, 4) is 5.75 Å². The van der Waals surface area contributed by atoms with Gasteiger partial charge in [-0.25, -0.2) is 4.39 Å². The normalized spacial score (nSPS) is 12.9. The standard InChI is InChI=1S/C13H19FO2/c1-9(2)6-7-16-13-5-4-11(10(3)15)8-12(13)14/h4-5,8-10,15H,6-7H2,1-3H3/t10-/m1/s1. The lowest BCUT2D eigenvalue weighted by atomic mass is 10.1. The summed E-state index contributed by atoms with van der Waals surface area (Å²) in [6.45, 7) is 6.31. The monoisotopic (exact) mass is 226 g/mol. The first-order chi connectivity index (χ1) is 7.50. The molecule has 0 heterocycles. The second-order valence-corrected chi connectivity index (χ2v) is 4.40. The number of hydrogen-bond acceptors (Lipinski definition) is 2. The quantitative estimate of drug-likeness (QED) is 0.834. The highest BCUT2D eigenvalue weighted by molar-refractivity contribution is 5.30. The molecule has 0 fully saturated rings. The second-order valence-electron chi connectivity index (χ2n) is 4.40. The first kappa shape index (κ1) is 13.0. The maximum atomic E-state index is 13.5. The largest absolute Gasteiger partial charge is 0.491 e. The van der Waals surface area contributed by atoms with Crippen molar-refractivity contribution >= 4 is 0 Å². The van der Waals surface area contributed by atoms with Gasteiger partial charge in [-0.3, -0.25) is 0 Å².